The van der Waals surface area contributed by atoms with E-state index in [9.17, 15) is 19.5 Å². The Hall–Kier alpha value is -3.61. The van der Waals surface area contributed by atoms with Crippen LogP contribution in [0, 0.1) is 0 Å². The largest absolute Gasteiger partial charge is 0.492 e. The number of aliphatic hydroxyl groups excluding tert-OH is 1. The summed E-state index contributed by atoms with van der Waals surface area (Å²) in [6.45, 7) is 3.93. The Labute approximate surface area is 230 Å². The van der Waals surface area contributed by atoms with Gasteiger partial charge in [0.2, 0.25) is 5.91 Å². The van der Waals surface area contributed by atoms with Crippen LogP contribution < -0.4 is 15.4 Å². The Bertz CT molecular complexity index is 1270. The van der Waals surface area contributed by atoms with Crippen LogP contribution in [0.2, 0.25) is 0 Å². The van der Waals surface area contributed by atoms with E-state index in [4.69, 9.17) is 9.47 Å². The van der Waals surface area contributed by atoms with Crippen molar-refractivity contribution >= 4 is 17.7 Å². The molecule has 214 valence electrons. The van der Waals surface area contributed by atoms with E-state index in [1.165, 1.54) is 23.1 Å². The number of carbonyl (C=O) groups excluding carboxylic acids is 3. The first-order chi connectivity index (χ1) is 19.2. The smallest absolute Gasteiger partial charge is 0.349 e. The molecule has 2 saturated heterocycles. The molecule has 2 atom stereocenters. The zero-order chi connectivity index (χ0) is 28.3. The summed E-state index contributed by atoms with van der Waals surface area (Å²) in [6.07, 6.45) is -0.615. The third kappa shape index (κ3) is 6.08. The van der Waals surface area contributed by atoms with E-state index < -0.39 is 29.7 Å². The molecule has 3 amide bonds. The second-order valence-corrected chi connectivity index (χ2v) is 10.1. The van der Waals surface area contributed by atoms with E-state index in [-0.39, 0.29) is 37.1 Å². The molecule has 5 rings (SSSR count). The molecule has 3 aliphatic rings. The van der Waals surface area contributed by atoms with Gasteiger partial charge in [-0.3, -0.25) is 19.3 Å². The number of amides is 3. The van der Waals surface area contributed by atoms with Gasteiger partial charge >= 0.3 is 5.92 Å². The highest BCUT2D eigenvalue weighted by Crippen LogP contribution is 2.32. The molecular weight excluding hydrogens is 526 g/mol. The van der Waals surface area contributed by atoms with Gasteiger partial charge in [-0.05, 0) is 35.7 Å². The van der Waals surface area contributed by atoms with E-state index in [1.807, 2.05) is 0 Å². The molecule has 0 aromatic heterocycles. The van der Waals surface area contributed by atoms with Gasteiger partial charge in [0, 0.05) is 50.3 Å². The molecule has 2 fully saturated rings. The molecule has 0 bridgehead atoms. The van der Waals surface area contributed by atoms with Gasteiger partial charge in [-0.1, -0.05) is 24.3 Å². The van der Waals surface area contributed by atoms with Crippen molar-refractivity contribution in [2.75, 3.05) is 39.5 Å². The second kappa shape index (κ2) is 11.9. The summed E-state index contributed by atoms with van der Waals surface area (Å²) in [5, 5.41) is 15.0. The zero-order valence-electron chi connectivity index (χ0n) is 21.9. The molecule has 12 heteroatoms. The van der Waals surface area contributed by atoms with Crippen LogP contribution in [0.15, 0.2) is 42.5 Å². The normalized spacial score (nSPS) is 21.6. The molecule has 3 N–H and O–H groups in total. The number of benzene rings is 2. The van der Waals surface area contributed by atoms with Gasteiger partial charge in [0.15, 0.2) is 0 Å². The van der Waals surface area contributed by atoms with Gasteiger partial charge in [-0.25, -0.2) is 0 Å². The standard InChI is InChI=1S/C28H32F2N4O6/c29-28(30,20-2-1-3-21(15-20)40-13-10-33-8-11-39-12-9-33)27(38)31-16-18-4-5-22-19(14-18)17-34(26(22)37)23-6-7-24(35)32-25(23)36/h1-5,14-15,23,25,36H,6-13,16-17H2,(H,31,38)(H,32,35). The van der Waals surface area contributed by atoms with Crippen molar-refractivity contribution in [2.45, 2.75) is 44.1 Å². The van der Waals surface area contributed by atoms with Crippen LogP contribution in [0.25, 0.3) is 0 Å². The number of ether oxygens (including phenoxy) is 2. The van der Waals surface area contributed by atoms with Crippen molar-refractivity contribution in [3.8, 4) is 5.75 Å². The van der Waals surface area contributed by atoms with Gasteiger partial charge < -0.3 is 30.1 Å². The molecule has 3 heterocycles. The van der Waals surface area contributed by atoms with Crippen molar-refractivity contribution in [3.05, 3.63) is 64.7 Å². The highest BCUT2D eigenvalue weighted by atomic mass is 19.3. The van der Waals surface area contributed by atoms with Gasteiger partial charge in [0.25, 0.3) is 11.8 Å². The number of carbonyl (C=O) groups is 3. The lowest BCUT2D eigenvalue weighted by Crippen LogP contribution is -2.55. The Morgan fingerprint density at radius 1 is 1.18 bits per heavy atom. The third-order valence-corrected chi connectivity index (χ3v) is 7.46. The SMILES string of the molecule is O=C1CCC(N2Cc3cc(CNC(=O)C(F)(F)c4cccc(OCCN5CCOCC5)c4)ccc3C2=O)C(O)N1. The predicted octanol–water partition coefficient (Wildman–Crippen LogP) is 1.36. The molecule has 2 unspecified atom stereocenters. The fourth-order valence-corrected chi connectivity index (χ4v) is 5.19. The van der Waals surface area contributed by atoms with Crippen LogP contribution in [-0.2, 0) is 33.3 Å². The number of nitrogens with zero attached hydrogens (tertiary/aromatic N) is 2. The monoisotopic (exact) mass is 558 g/mol. The number of nitrogens with one attached hydrogen (secondary N) is 2. The minimum atomic E-state index is -3.78. The van der Waals surface area contributed by atoms with Crippen molar-refractivity contribution in [1.82, 2.24) is 20.4 Å². The van der Waals surface area contributed by atoms with Gasteiger partial charge in [-0.2, -0.15) is 8.78 Å². The molecule has 3 aliphatic heterocycles. The molecule has 0 aliphatic carbocycles. The number of halogens is 2. The first-order valence-electron chi connectivity index (χ1n) is 13.3. The van der Waals surface area contributed by atoms with E-state index in [0.717, 1.165) is 13.1 Å². The Morgan fingerprint density at radius 2 is 1.98 bits per heavy atom. The first kappa shape index (κ1) is 27.9. The zero-order valence-corrected chi connectivity index (χ0v) is 21.9. The number of piperidine rings is 1. The van der Waals surface area contributed by atoms with Crippen LogP contribution in [-0.4, -0.2) is 84.4 Å². The maximum atomic E-state index is 15.0. The molecule has 2 aromatic carbocycles. The number of alkyl halides is 2. The van der Waals surface area contributed by atoms with Crippen LogP contribution in [0.4, 0.5) is 8.78 Å². The summed E-state index contributed by atoms with van der Waals surface area (Å²) < 4.78 is 41.0. The number of fused-ring (bicyclic) bond motifs is 1. The van der Waals surface area contributed by atoms with Gasteiger partial charge in [0.1, 0.15) is 18.6 Å². The summed E-state index contributed by atoms with van der Waals surface area (Å²) in [4.78, 5) is 40.6. The fourth-order valence-electron chi connectivity index (χ4n) is 5.19. The molecule has 40 heavy (non-hydrogen) atoms. The average molecular weight is 559 g/mol. The average Bonchev–Trinajstić information content (AvgIpc) is 3.27. The summed E-state index contributed by atoms with van der Waals surface area (Å²) >= 11 is 0. The molecule has 0 saturated carbocycles. The quantitative estimate of drug-likeness (QED) is 0.425. The summed E-state index contributed by atoms with van der Waals surface area (Å²) in [7, 11) is 0. The molecular formula is C28H32F2N4O6. The molecule has 10 nitrogen and oxygen atoms in total. The number of rotatable bonds is 9. The van der Waals surface area contributed by atoms with E-state index in [1.54, 1.807) is 24.3 Å². The maximum absolute atomic E-state index is 15.0. The van der Waals surface area contributed by atoms with E-state index in [2.05, 4.69) is 15.5 Å². The third-order valence-electron chi connectivity index (χ3n) is 7.46. The summed E-state index contributed by atoms with van der Waals surface area (Å²) in [6, 6.07) is 9.68. The second-order valence-electron chi connectivity index (χ2n) is 10.1. The van der Waals surface area contributed by atoms with Crippen molar-refractivity contribution in [2.24, 2.45) is 0 Å². The van der Waals surface area contributed by atoms with Crippen molar-refractivity contribution < 1.29 is 37.7 Å². The van der Waals surface area contributed by atoms with E-state index in [0.29, 0.717) is 49.5 Å². The summed E-state index contributed by atoms with van der Waals surface area (Å²) in [5.41, 5.74) is 1.18. The van der Waals surface area contributed by atoms with Crippen molar-refractivity contribution in [1.29, 1.82) is 0 Å². The van der Waals surface area contributed by atoms with Crippen LogP contribution in [0.1, 0.15) is 39.9 Å². The number of hydrogen-bond donors (Lipinski definition) is 3. The minimum Gasteiger partial charge on any atom is -0.492 e. The van der Waals surface area contributed by atoms with Gasteiger partial charge in [-0.15, -0.1) is 0 Å². The van der Waals surface area contributed by atoms with Crippen LogP contribution in [0.3, 0.4) is 0 Å². The van der Waals surface area contributed by atoms with Crippen LogP contribution >= 0.6 is 0 Å². The Morgan fingerprint density at radius 3 is 2.75 bits per heavy atom. The number of morpholine rings is 1. The maximum Gasteiger partial charge on any atom is 0.349 e. The lowest BCUT2D eigenvalue weighted by Gasteiger charge is -2.35. The molecule has 2 aromatic rings. The summed E-state index contributed by atoms with van der Waals surface area (Å²) in [5.74, 6) is -5.52. The van der Waals surface area contributed by atoms with E-state index >= 15 is 8.78 Å². The Kier molecular flexibility index (Phi) is 8.29. The minimum absolute atomic E-state index is 0.159. The van der Waals surface area contributed by atoms with Crippen LogP contribution in [0.5, 0.6) is 5.75 Å². The Balaban J connectivity index is 1.17. The number of hydrogen-bond acceptors (Lipinski definition) is 7. The predicted molar refractivity (Wildman–Crippen MR) is 138 cm³/mol. The molecule has 0 radical (unpaired) electrons. The number of aliphatic hydroxyl groups is 1. The van der Waals surface area contributed by atoms with Crippen molar-refractivity contribution in [3.63, 3.8) is 0 Å². The topological polar surface area (TPSA) is 120 Å². The fraction of sp³-hybridized carbons (Fsp3) is 0.464. The molecule has 0 spiro atoms. The highest BCUT2D eigenvalue weighted by molar-refractivity contribution is 5.98. The lowest BCUT2D eigenvalue weighted by atomic mass is 10.0. The van der Waals surface area contributed by atoms with Gasteiger partial charge in [0.05, 0.1) is 19.3 Å². The lowest BCUT2D eigenvalue weighted by molar-refractivity contribution is -0.147. The highest BCUT2D eigenvalue weighted by Gasteiger charge is 2.41. The first-order valence-corrected chi connectivity index (χ1v) is 13.3.